The first-order chi connectivity index (χ1) is 9.55. The van der Waals surface area contributed by atoms with Crippen LogP contribution in [0.15, 0.2) is 18.2 Å². The van der Waals surface area contributed by atoms with E-state index in [4.69, 9.17) is 10.6 Å². The molecule has 5 heteroatoms. The van der Waals surface area contributed by atoms with Crippen LogP contribution >= 0.6 is 11.3 Å². The molecule has 1 aromatic heterocycles. The molecule has 0 radical (unpaired) electrons. The Labute approximate surface area is 124 Å². The summed E-state index contributed by atoms with van der Waals surface area (Å²) < 4.78 is 5.29. The Hall–Kier alpha value is -1.43. The fourth-order valence-corrected chi connectivity index (χ4v) is 3.17. The molecular weight excluding hydrogens is 270 g/mol. The summed E-state index contributed by atoms with van der Waals surface area (Å²) in [6.45, 7) is 6.17. The molecule has 0 aliphatic heterocycles. The van der Waals surface area contributed by atoms with E-state index < -0.39 is 0 Å². The van der Waals surface area contributed by atoms with Crippen LogP contribution in [0.25, 0.3) is 0 Å². The van der Waals surface area contributed by atoms with E-state index in [2.05, 4.69) is 23.4 Å². The molecule has 0 bridgehead atoms. The van der Waals surface area contributed by atoms with E-state index in [1.54, 1.807) is 18.4 Å². The molecule has 20 heavy (non-hydrogen) atoms. The number of methoxy groups -OCH3 is 1. The number of aryl methyl sites for hydroxylation is 3. The van der Waals surface area contributed by atoms with Gasteiger partial charge in [-0.2, -0.15) is 0 Å². The standard InChI is InChI=1S/C15H21N3OS/c1-9-7-12(5-6-14(9)19-4)13(18-16)8-15-17-10(2)11(3)20-15/h5-7,13,18H,8,16H2,1-4H3. The van der Waals surface area contributed by atoms with E-state index in [1.165, 1.54) is 4.88 Å². The Balaban J connectivity index is 2.21. The Morgan fingerprint density at radius 2 is 2.10 bits per heavy atom. The molecule has 2 rings (SSSR count). The highest BCUT2D eigenvalue weighted by Gasteiger charge is 2.15. The third-order valence-electron chi connectivity index (χ3n) is 3.47. The highest BCUT2D eigenvalue weighted by Crippen LogP contribution is 2.26. The normalized spacial score (nSPS) is 12.4. The minimum absolute atomic E-state index is 0.0598. The van der Waals surface area contributed by atoms with Gasteiger partial charge >= 0.3 is 0 Å². The number of ether oxygens (including phenoxy) is 1. The zero-order chi connectivity index (χ0) is 14.7. The summed E-state index contributed by atoms with van der Waals surface area (Å²) in [5.74, 6) is 6.61. The molecule has 0 aliphatic carbocycles. The van der Waals surface area contributed by atoms with Crippen molar-refractivity contribution in [2.24, 2.45) is 5.84 Å². The fraction of sp³-hybridized carbons (Fsp3) is 0.400. The number of hydrogen-bond donors (Lipinski definition) is 2. The minimum atomic E-state index is 0.0598. The third-order valence-corrected chi connectivity index (χ3v) is 4.57. The summed E-state index contributed by atoms with van der Waals surface area (Å²) >= 11 is 1.73. The van der Waals surface area contributed by atoms with Crippen LogP contribution in [-0.4, -0.2) is 12.1 Å². The quantitative estimate of drug-likeness (QED) is 0.657. The van der Waals surface area contributed by atoms with E-state index in [-0.39, 0.29) is 6.04 Å². The number of hydrazine groups is 1. The van der Waals surface area contributed by atoms with Crippen molar-refractivity contribution < 1.29 is 4.74 Å². The number of rotatable bonds is 5. The van der Waals surface area contributed by atoms with Crippen molar-refractivity contribution in [3.63, 3.8) is 0 Å². The second kappa shape index (κ2) is 6.35. The lowest BCUT2D eigenvalue weighted by Gasteiger charge is -2.16. The Kier molecular flexibility index (Phi) is 4.75. The van der Waals surface area contributed by atoms with E-state index in [9.17, 15) is 0 Å². The van der Waals surface area contributed by atoms with Crippen molar-refractivity contribution in [3.05, 3.63) is 44.9 Å². The van der Waals surface area contributed by atoms with Gasteiger partial charge in [0.15, 0.2) is 0 Å². The predicted octanol–water partition coefficient (Wildman–Crippen LogP) is 2.82. The van der Waals surface area contributed by atoms with Crippen LogP contribution in [0.5, 0.6) is 5.75 Å². The van der Waals surface area contributed by atoms with Gasteiger partial charge in [0.05, 0.1) is 23.9 Å². The highest BCUT2D eigenvalue weighted by atomic mass is 32.1. The largest absolute Gasteiger partial charge is 0.496 e. The van der Waals surface area contributed by atoms with Crippen molar-refractivity contribution in [2.75, 3.05) is 7.11 Å². The van der Waals surface area contributed by atoms with Crippen molar-refractivity contribution in [1.29, 1.82) is 0 Å². The van der Waals surface area contributed by atoms with E-state index in [0.29, 0.717) is 0 Å². The third kappa shape index (κ3) is 3.17. The molecule has 1 heterocycles. The number of nitrogens with two attached hydrogens (primary N) is 1. The van der Waals surface area contributed by atoms with Crippen molar-refractivity contribution in [1.82, 2.24) is 10.4 Å². The van der Waals surface area contributed by atoms with Gasteiger partial charge in [0.25, 0.3) is 0 Å². The molecule has 0 aliphatic rings. The van der Waals surface area contributed by atoms with Crippen LogP contribution in [0.2, 0.25) is 0 Å². The van der Waals surface area contributed by atoms with Gasteiger partial charge in [-0.25, -0.2) is 4.98 Å². The summed E-state index contributed by atoms with van der Waals surface area (Å²) in [6.07, 6.45) is 0.793. The lowest BCUT2D eigenvalue weighted by Crippen LogP contribution is -2.29. The maximum absolute atomic E-state index is 5.71. The second-order valence-electron chi connectivity index (χ2n) is 4.90. The summed E-state index contributed by atoms with van der Waals surface area (Å²) in [6, 6.07) is 6.19. The number of thiazole rings is 1. The molecular formula is C15H21N3OS. The van der Waals surface area contributed by atoms with E-state index in [0.717, 1.165) is 34.0 Å². The highest BCUT2D eigenvalue weighted by molar-refractivity contribution is 7.11. The first-order valence-electron chi connectivity index (χ1n) is 6.58. The number of nitrogens with zero attached hydrogens (tertiary/aromatic N) is 1. The lowest BCUT2D eigenvalue weighted by atomic mass is 10.0. The second-order valence-corrected chi connectivity index (χ2v) is 6.19. The molecule has 0 fully saturated rings. The van der Waals surface area contributed by atoms with Crippen LogP contribution in [0.4, 0.5) is 0 Å². The first kappa shape index (κ1) is 15.0. The van der Waals surface area contributed by atoms with Crippen molar-refractivity contribution in [3.8, 4) is 5.75 Å². The monoisotopic (exact) mass is 291 g/mol. The van der Waals surface area contributed by atoms with Gasteiger partial charge < -0.3 is 4.74 Å². The molecule has 108 valence electrons. The molecule has 0 amide bonds. The van der Waals surface area contributed by atoms with Gasteiger partial charge in [0.2, 0.25) is 0 Å². The maximum Gasteiger partial charge on any atom is 0.121 e. The van der Waals surface area contributed by atoms with Crippen LogP contribution in [-0.2, 0) is 6.42 Å². The summed E-state index contributed by atoms with van der Waals surface area (Å²) in [4.78, 5) is 5.84. The number of aromatic nitrogens is 1. The Morgan fingerprint density at radius 3 is 2.60 bits per heavy atom. The predicted molar refractivity (Wildman–Crippen MR) is 83.1 cm³/mol. The van der Waals surface area contributed by atoms with Crippen molar-refractivity contribution >= 4 is 11.3 Å². The molecule has 0 spiro atoms. The Morgan fingerprint density at radius 1 is 1.35 bits per heavy atom. The number of nitrogens with one attached hydrogen (secondary N) is 1. The van der Waals surface area contributed by atoms with Gasteiger partial charge in [-0.1, -0.05) is 12.1 Å². The minimum Gasteiger partial charge on any atom is -0.496 e. The molecule has 2 aromatic rings. The van der Waals surface area contributed by atoms with Gasteiger partial charge in [0, 0.05) is 11.3 Å². The molecule has 0 saturated carbocycles. The topological polar surface area (TPSA) is 60.2 Å². The van der Waals surface area contributed by atoms with Crippen molar-refractivity contribution in [2.45, 2.75) is 33.2 Å². The van der Waals surface area contributed by atoms with Crippen LogP contribution in [0.1, 0.15) is 32.7 Å². The van der Waals surface area contributed by atoms with Crippen LogP contribution in [0.3, 0.4) is 0 Å². The fourth-order valence-electron chi connectivity index (χ4n) is 2.19. The number of benzene rings is 1. The summed E-state index contributed by atoms with van der Waals surface area (Å²) in [5.41, 5.74) is 6.25. The van der Waals surface area contributed by atoms with Crippen LogP contribution < -0.4 is 16.0 Å². The van der Waals surface area contributed by atoms with Gasteiger partial charge in [0.1, 0.15) is 5.75 Å². The summed E-state index contributed by atoms with van der Waals surface area (Å²) in [5, 5.41) is 1.11. The number of hydrogen-bond acceptors (Lipinski definition) is 5. The Bertz CT molecular complexity index is 575. The molecule has 1 aromatic carbocycles. The smallest absolute Gasteiger partial charge is 0.121 e. The molecule has 4 nitrogen and oxygen atoms in total. The lowest BCUT2D eigenvalue weighted by molar-refractivity contribution is 0.411. The summed E-state index contributed by atoms with van der Waals surface area (Å²) in [7, 11) is 1.68. The van der Waals surface area contributed by atoms with Gasteiger partial charge in [-0.05, 0) is 38.0 Å². The zero-order valence-corrected chi connectivity index (χ0v) is 13.2. The molecule has 1 unspecified atom stereocenters. The SMILES string of the molecule is COc1ccc(C(Cc2nc(C)c(C)s2)NN)cc1C. The molecule has 0 saturated heterocycles. The van der Waals surface area contributed by atoms with Gasteiger partial charge in [-0.15, -0.1) is 11.3 Å². The maximum atomic E-state index is 5.71. The van der Waals surface area contributed by atoms with E-state index >= 15 is 0 Å². The van der Waals surface area contributed by atoms with Crippen LogP contribution in [0, 0.1) is 20.8 Å². The molecule has 1 atom stereocenters. The molecule has 3 N–H and O–H groups in total. The average Bonchev–Trinajstić information content (AvgIpc) is 2.74. The van der Waals surface area contributed by atoms with Gasteiger partial charge in [-0.3, -0.25) is 11.3 Å². The zero-order valence-electron chi connectivity index (χ0n) is 12.4. The average molecular weight is 291 g/mol. The van der Waals surface area contributed by atoms with E-state index in [1.807, 2.05) is 26.0 Å². The first-order valence-corrected chi connectivity index (χ1v) is 7.40.